The summed E-state index contributed by atoms with van der Waals surface area (Å²) in [5, 5.41) is 11.1. The van der Waals surface area contributed by atoms with Gasteiger partial charge in [0.1, 0.15) is 5.69 Å². The van der Waals surface area contributed by atoms with Crippen molar-refractivity contribution in [2.45, 2.75) is 18.9 Å². The molecule has 2 rings (SSSR count). The van der Waals surface area contributed by atoms with Crippen molar-refractivity contribution >= 4 is 27.3 Å². The third-order valence-corrected chi connectivity index (χ3v) is 3.90. The van der Waals surface area contributed by atoms with Gasteiger partial charge in [-0.2, -0.15) is 0 Å². The first-order valence-electron chi connectivity index (χ1n) is 5.84. The van der Waals surface area contributed by atoms with E-state index in [1.54, 1.807) is 19.2 Å². The van der Waals surface area contributed by atoms with Gasteiger partial charge in [-0.15, -0.1) is 0 Å². The summed E-state index contributed by atoms with van der Waals surface area (Å²) in [6, 6.07) is 5.33. The molecule has 0 aliphatic carbocycles. The van der Waals surface area contributed by atoms with E-state index in [1.807, 2.05) is 6.07 Å². The van der Waals surface area contributed by atoms with E-state index in [-0.39, 0.29) is 16.7 Å². The quantitative estimate of drug-likeness (QED) is 0.635. The molecule has 0 aromatic heterocycles. The summed E-state index contributed by atoms with van der Waals surface area (Å²) >= 11 is 3.25. The first-order chi connectivity index (χ1) is 8.63. The number of hydrogen-bond donors (Lipinski definition) is 0. The molecular formula is C12H15BrN2O3. The molecule has 5 nitrogen and oxygen atoms in total. The summed E-state index contributed by atoms with van der Waals surface area (Å²) in [6.07, 6.45) is 2.08. The van der Waals surface area contributed by atoms with Crippen molar-refractivity contribution < 1.29 is 9.66 Å². The predicted octanol–water partition coefficient (Wildman–Crippen LogP) is 2.97. The summed E-state index contributed by atoms with van der Waals surface area (Å²) < 4.78 is 5.83. The Bertz CT molecular complexity index is 445. The third-order valence-electron chi connectivity index (χ3n) is 3.26. The molecular weight excluding hydrogens is 300 g/mol. The van der Waals surface area contributed by atoms with Crippen LogP contribution in [0.15, 0.2) is 22.7 Å². The van der Waals surface area contributed by atoms with Gasteiger partial charge in [0.05, 0.1) is 15.5 Å². The number of benzene rings is 1. The lowest BCUT2D eigenvalue weighted by molar-refractivity contribution is -0.384. The molecule has 0 unspecified atom stereocenters. The monoisotopic (exact) mass is 314 g/mol. The summed E-state index contributed by atoms with van der Waals surface area (Å²) in [7, 11) is 1.71. The Morgan fingerprint density at radius 2 is 2.11 bits per heavy atom. The molecule has 1 aromatic carbocycles. The Kier molecular flexibility index (Phi) is 4.19. The van der Waals surface area contributed by atoms with Crippen LogP contribution in [0.5, 0.6) is 0 Å². The van der Waals surface area contributed by atoms with E-state index in [0.717, 1.165) is 25.9 Å². The molecule has 1 aromatic rings. The Morgan fingerprint density at radius 3 is 2.67 bits per heavy atom. The number of anilines is 1. The normalized spacial score (nSPS) is 16.9. The molecule has 1 heterocycles. The van der Waals surface area contributed by atoms with Crippen molar-refractivity contribution in [3.8, 4) is 0 Å². The highest BCUT2D eigenvalue weighted by Crippen LogP contribution is 2.36. The SMILES string of the molecule is COC1CCN(c2cccc(Br)c2[N+](=O)[O-])CC1. The molecule has 0 N–H and O–H groups in total. The number of piperidine rings is 1. The number of nitro groups is 1. The number of para-hydroxylation sites is 1. The van der Waals surface area contributed by atoms with Crippen LogP contribution in [0.25, 0.3) is 0 Å². The second kappa shape index (κ2) is 5.67. The number of nitro benzene ring substituents is 1. The van der Waals surface area contributed by atoms with Gasteiger partial charge in [0, 0.05) is 20.2 Å². The van der Waals surface area contributed by atoms with Gasteiger partial charge in [-0.05, 0) is 40.9 Å². The molecule has 0 atom stereocenters. The van der Waals surface area contributed by atoms with Gasteiger partial charge < -0.3 is 9.64 Å². The molecule has 0 radical (unpaired) electrons. The number of rotatable bonds is 3. The summed E-state index contributed by atoms with van der Waals surface area (Å²) in [4.78, 5) is 12.9. The van der Waals surface area contributed by atoms with Crippen LogP contribution in [0.4, 0.5) is 11.4 Å². The van der Waals surface area contributed by atoms with E-state index in [4.69, 9.17) is 4.74 Å². The average Bonchev–Trinajstić information content (AvgIpc) is 2.38. The summed E-state index contributed by atoms with van der Waals surface area (Å²) in [6.45, 7) is 1.58. The van der Waals surface area contributed by atoms with Gasteiger partial charge >= 0.3 is 5.69 Å². The number of methoxy groups -OCH3 is 1. The molecule has 1 aliphatic rings. The van der Waals surface area contributed by atoms with Crippen LogP contribution in [0.2, 0.25) is 0 Å². The zero-order valence-electron chi connectivity index (χ0n) is 10.1. The zero-order valence-corrected chi connectivity index (χ0v) is 11.7. The lowest BCUT2D eigenvalue weighted by atomic mass is 10.1. The largest absolute Gasteiger partial charge is 0.381 e. The number of nitrogens with zero attached hydrogens (tertiary/aromatic N) is 2. The van der Waals surface area contributed by atoms with Crippen molar-refractivity contribution in [1.29, 1.82) is 0 Å². The molecule has 6 heteroatoms. The topological polar surface area (TPSA) is 55.6 Å². The molecule has 0 bridgehead atoms. The van der Waals surface area contributed by atoms with Crippen molar-refractivity contribution in [3.05, 3.63) is 32.8 Å². The number of hydrogen-bond acceptors (Lipinski definition) is 4. The van der Waals surface area contributed by atoms with Crippen LogP contribution < -0.4 is 4.90 Å². The van der Waals surface area contributed by atoms with E-state index >= 15 is 0 Å². The van der Waals surface area contributed by atoms with Crippen LogP contribution in [0.1, 0.15) is 12.8 Å². The first-order valence-corrected chi connectivity index (χ1v) is 6.63. The second-order valence-corrected chi connectivity index (χ2v) is 5.14. The minimum Gasteiger partial charge on any atom is -0.381 e. The van der Waals surface area contributed by atoms with E-state index in [1.165, 1.54) is 0 Å². The van der Waals surface area contributed by atoms with Gasteiger partial charge in [-0.3, -0.25) is 10.1 Å². The average molecular weight is 315 g/mol. The van der Waals surface area contributed by atoms with Crippen molar-refractivity contribution in [2.75, 3.05) is 25.1 Å². The van der Waals surface area contributed by atoms with Crippen molar-refractivity contribution in [3.63, 3.8) is 0 Å². The van der Waals surface area contributed by atoms with E-state index in [0.29, 0.717) is 10.2 Å². The number of halogens is 1. The molecule has 1 saturated heterocycles. The maximum Gasteiger partial charge on any atom is 0.306 e. The van der Waals surface area contributed by atoms with Crippen LogP contribution >= 0.6 is 15.9 Å². The maximum atomic E-state index is 11.1. The Labute approximate surface area is 114 Å². The third kappa shape index (κ3) is 2.64. The molecule has 0 spiro atoms. The van der Waals surface area contributed by atoms with E-state index in [2.05, 4.69) is 20.8 Å². The second-order valence-electron chi connectivity index (χ2n) is 4.29. The molecule has 1 aliphatic heterocycles. The van der Waals surface area contributed by atoms with Crippen LogP contribution in [0.3, 0.4) is 0 Å². The Morgan fingerprint density at radius 1 is 1.44 bits per heavy atom. The standard InChI is InChI=1S/C12H15BrN2O3/c1-18-9-5-7-14(8-6-9)11-4-2-3-10(13)12(11)15(16)17/h2-4,9H,5-8H2,1H3. The first kappa shape index (κ1) is 13.3. The molecule has 0 amide bonds. The fraction of sp³-hybridized carbons (Fsp3) is 0.500. The van der Waals surface area contributed by atoms with Crippen molar-refractivity contribution in [2.24, 2.45) is 0 Å². The van der Waals surface area contributed by atoms with Gasteiger partial charge in [0.15, 0.2) is 0 Å². The summed E-state index contributed by atoms with van der Waals surface area (Å²) in [5.74, 6) is 0. The molecule has 98 valence electrons. The van der Waals surface area contributed by atoms with E-state index < -0.39 is 0 Å². The minimum absolute atomic E-state index is 0.147. The highest BCUT2D eigenvalue weighted by Gasteiger charge is 2.26. The molecule has 1 fully saturated rings. The van der Waals surface area contributed by atoms with Crippen molar-refractivity contribution in [1.82, 2.24) is 0 Å². The van der Waals surface area contributed by atoms with Gasteiger partial charge in [0.25, 0.3) is 0 Å². The Balaban J connectivity index is 2.24. The van der Waals surface area contributed by atoms with Gasteiger partial charge in [-0.25, -0.2) is 0 Å². The number of ether oxygens (including phenoxy) is 1. The highest BCUT2D eigenvalue weighted by molar-refractivity contribution is 9.10. The smallest absolute Gasteiger partial charge is 0.306 e. The Hall–Kier alpha value is -1.14. The molecule has 18 heavy (non-hydrogen) atoms. The summed E-state index contributed by atoms with van der Waals surface area (Å²) in [5.41, 5.74) is 0.831. The molecule has 0 saturated carbocycles. The minimum atomic E-state index is -0.332. The fourth-order valence-corrected chi connectivity index (χ4v) is 2.77. The van der Waals surface area contributed by atoms with E-state index in [9.17, 15) is 10.1 Å². The van der Waals surface area contributed by atoms with Crippen LogP contribution in [-0.4, -0.2) is 31.2 Å². The fourth-order valence-electron chi connectivity index (χ4n) is 2.27. The predicted molar refractivity (Wildman–Crippen MR) is 73.0 cm³/mol. The maximum absolute atomic E-state index is 11.1. The lowest BCUT2D eigenvalue weighted by Crippen LogP contribution is -2.36. The van der Waals surface area contributed by atoms with Gasteiger partial charge in [0.2, 0.25) is 0 Å². The van der Waals surface area contributed by atoms with Crippen LogP contribution in [0, 0.1) is 10.1 Å². The van der Waals surface area contributed by atoms with Gasteiger partial charge in [-0.1, -0.05) is 6.07 Å². The highest BCUT2D eigenvalue weighted by atomic mass is 79.9. The zero-order chi connectivity index (χ0) is 13.1. The van der Waals surface area contributed by atoms with Crippen LogP contribution in [-0.2, 0) is 4.74 Å². The lowest BCUT2D eigenvalue weighted by Gasteiger charge is -2.32.